The molecule has 29 heavy (non-hydrogen) atoms. The van der Waals surface area contributed by atoms with Crippen LogP contribution in [-0.4, -0.2) is 59.2 Å². The lowest BCUT2D eigenvalue weighted by atomic mass is 10.2. The number of sulfonamides is 1. The standard InChI is InChI=1S/C22H29N3O3S/c1-18-4-2-5-20(16-18)25-13-11-24(12-14-25)10-3-9-23-29(26,27)21-6-7-22-19(17-21)8-15-28-22/h2,4-7,16-17,23H,3,8-15H2,1H3. The zero-order valence-electron chi connectivity index (χ0n) is 16.9. The number of hydrogen-bond donors (Lipinski definition) is 1. The topological polar surface area (TPSA) is 61.9 Å². The summed E-state index contributed by atoms with van der Waals surface area (Å²) in [5.41, 5.74) is 3.55. The Kier molecular flexibility index (Phi) is 6.08. The molecule has 1 saturated heterocycles. The summed E-state index contributed by atoms with van der Waals surface area (Å²) in [6.45, 7) is 8.13. The lowest BCUT2D eigenvalue weighted by molar-refractivity contribution is 0.255. The van der Waals surface area contributed by atoms with Crippen molar-refractivity contribution < 1.29 is 13.2 Å². The Balaban J connectivity index is 1.21. The summed E-state index contributed by atoms with van der Waals surface area (Å²) in [5, 5.41) is 0. The number of nitrogens with zero attached hydrogens (tertiary/aromatic N) is 2. The third-order valence-electron chi connectivity index (χ3n) is 5.65. The van der Waals surface area contributed by atoms with Crippen molar-refractivity contribution >= 4 is 15.7 Å². The third-order valence-corrected chi connectivity index (χ3v) is 7.11. The number of aryl methyl sites for hydroxylation is 1. The predicted molar refractivity (Wildman–Crippen MR) is 115 cm³/mol. The number of nitrogens with one attached hydrogen (secondary N) is 1. The largest absolute Gasteiger partial charge is 0.493 e. The predicted octanol–water partition coefficient (Wildman–Crippen LogP) is 2.42. The first-order valence-electron chi connectivity index (χ1n) is 10.3. The summed E-state index contributed by atoms with van der Waals surface area (Å²) in [7, 11) is -3.47. The maximum Gasteiger partial charge on any atom is 0.240 e. The molecule has 4 rings (SSSR count). The highest BCUT2D eigenvalue weighted by Gasteiger charge is 2.20. The summed E-state index contributed by atoms with van der Waals surface area (Å²) in [6, 6.07) is 13.7. The van der Waals surface area contributed by atoms with E-state index in [1.165, 1.54) is 11.3 Å². The van der Waals surface area contributed by atoms with Crippen molar-refractivity contribution in [1.82, 2.24) is 9.62 Å². The first-order valence-corrected chi connectivity index (χ1v) is 11.8. The Morgan fingerprint density at radius 1 is 1.07 bits per heavy atom. The fourth-order valence-corrected chi connectivity index (χ4v) is 5.10. The normalized spacial score (nSPS) is 17.2. The van der Waals surface area contributed by atoms with Gasteiger partial charge in [0.05, 0.1) is 11.5 Å². The quantitative estimate of drug-likeness (QED) is 0.704. The van der Waals surface area contributed by atoms with Gasteiger partial charge in [-0.3, -0.25) is 4.90 Å². The van der Waals surface area contributed by atoms with Crippen LogP contribution in [0.3, 0.4) is 0 Å². The lowest BCUT2D eigenvalue weighted by Gasteiger charge is -2.36. The average molecular weight is 416 g/mol. The molecule has 2 aromatic rings. The molecule has 0 amide bonds. The minimum atomic E-state index is -3.47. The molecule has 2 heterocycles. The van der Waals surface area contributed by atoms with E-state index in [1.807, 2.05) is 0 Å². The van der Waals surface area contributed by atoms with E-state index in [1.54, 1.807) is 18.2 Å². The zero-order valence-corrected chi connectivity index (χ0v) is 17.7. The Morgan fingerprint density at radius 3 is 2.69 bits per heavy atom. The Morgan fingerprint density at radius 2 is 1.90 bits per heavy atom. The van der Waals surface area contributed by atoms with Gasteiger partial charge in [0, 0.05) is 44.8 Å². The fourth-order valence-electron chi connectivity index (χ4n) is 3.98. The summed E-state index contributed by atoms with van der Waals surface area (Å²) in [6.07, 6.45) is 1.57. The van der Waals surface area contributed by atoms with Crippen LogP contribution in [0.5, 0.6) is 5.75 Å². The van der Waals surface area contributed by atoms with Crippen molar-refractivity contribution in [2.24, 2.45) is 0 Å². The molecule has 0 saturated carbocycles. The molecule has 0 atom stereocenters. The van der Waals surface area contributed by atoms with Crippen LogP contribution in [-0.2, 0) is 16.4 Å². The first kappa shape index (κ1) is 20.2. The second-order valence-electron chi connectivity index (χ2n) is 7.79. The van der Waals surface area contributed by atoms with Crippen molar-refractivity contribution in [3.8, 4) is 5.75 Å². The second-order valence-corrected chi connectivity index (χ2v) is 9.55. The molecule has 0 unspecified atom stereocenters. The molecule has 0 radical (unpaired) electrons. The highest BCUT2D eigenvalue weighted by Crippen LogP contribution is 2.27. The van der Waals surface area contributed by atoms with Crippen LogP contribution in [0.1, 0.15) is 17.5 Å². The molecular formula is C22H29N3O3S. The van der Waals surface area contributed by atoms with E-state index in [0.29, 0.717) is 18.0 Å². The van der Waals surface area contributed by atoms with E-state index in [-0.39, 0.29) is 0 Å². The van der Waals surface area contributed by atoms with E-state index >= 15 is 0 Å². The van der Waals surface area contributed by atoms with Crippen molar-refractivity contribution in [2.75, 3.05) is 50.8 Å². The van der Waals surface area contributed by atoms with Crippen molar-refractivity contribution in [1.29, 1.82) is 0 Å². The highest BCUT2D eigenvalue weighted by atomic mass is 32.2. The van der Waals surface area contributed by atoms with Crippen molar-refractivity contribution in [3.05, 3.63) is 53.6 Å². The number of piperazine rings is 1. The molecule has 0 spiro atoms. The molecule has 156 valence electrons. The summed E-state index contributed by atoms with van der Waals surface area (Å²) in [4.78, 5) is 5.16. The molecule has 0 bridgehead atoms. The summed E-state index contributed by atoms with van der Waals surface area (Å²) in [5.74, 6) is 0.800. The average Bonchev–Trinajstić information content (AvgIpc) is 3.20. The molecule has 6 nitrogen and oxygen atoms in total. The van der Waals surface area contributed by atoms with Gasteiger partial charge in [0.2, 0.25) is 10.0 Å². The second kappa shape index (κ2) is 8.73. The smallest absolute Gasteiger partial charge is 0.240 e. The van der Waals surface area contributed by atoms with Gasteiger partial charge in [-0.25, -0.2) is 13.1 Å². The number of ether oxygens (including phenoxy) is 1. The fraction of sp³-hybridized carbons (Fsp3) is 0.455. The van der Waals surface area contributed by atoms with Gasteiger partial charge in [-0.1, -0.05) is 12.1 Å². The SMILES string of the molecule is Cc1cccc(N2CCN(CCCNS(=O)(=O)c3ccc4c(c3)CCO4)CC2)c1. The van der Waals surface area contributed by atoms with E-state index in [4.69, 9.17) is 4.74 Å². The maximum absolute atomic E-state index is 12.5. The molecule has 7 heteroatoms. The molecule has 2 aliphatic heterocycles. The van der Waals surface area contributed by atoms with Crippen molar-refractivity contribution in [2.45, 2.75) is 24.7 Å². The number of rotatable bonds is 7. The van der Waals surface area contributed by atoms with E-state index in [0.717, 1.165) is 56.9 Å². The minimum Gasteiger partial charge on any atom is -0.493 e. The zero-order chi connectivity index (χ0) is 20.3. The molecule has 0 aromatic heterocycles. The lowest BCUT2D eigenvalue weighted by Crippen LogP contribution is -2.47. The van der Waals surface area contributed by atoms with E-state index in [9.17, 15) is 8.42 Å². The van der Waals surface area contributed by atoms with Crippen LogP contribution in [0.15, 0.2) is 47.4 Å². The number of benzene rings is 2. The molecule has 0 aliphatic carbocycles. The Hall–Kier alpha value is -2.09. The maximum atomic E-state index is 12.5. The van der Waals surface area contributed by atoms with Gasteiger partial charge in [0.25, 0.3) is 0 Å². The summed E-state index contributed by atoms with van der Waals surface area (Å²) >= 11 is 0. The van der Waals surface area contributed by atoms with Gasteiger partial charge in [-0.2, -0.15) is 0 Å². The highest BCUT2D eigenvalue weighted by molar-refractivity contribution is 7.89. The van der Waals surface area contributed by atoms with Crippen LogP contribution < -0.4 is 14.4 Å². The third kappa shape index (κ3) is 4.91. The summed E-state index contributed by atoms with van der Waals surface area (Å²) < 4.78 is 33.3. The molecule has 1 fully saturated rings. The molecule has 1 N–H and O–H groups in total. The molecular weight excluding hydrogens is 386 g/mol. The van der Waals surface area contributed by atoms with Crippen LogP contribution in [0.2, 0.25) is 0 Å². The molecule has 2 aromatic carbocycles. The Bertz CT molecular complexity index is 954. The van der Waals surface area contributed by atoms with Crippen LogP contribution in [0.25, 0.3) is 0 Å². The van der Waals surface area contributed by atoms with Gasteiger partial charge in [0.15, 0.2) is 0 Å². The molecule has 2 aliphatic rings. The van der Waals surface area contributed by atoms with Gasteiger partial charge < -0.3 is 9.64 Å². The van der Waals surface area contributed by atoms with E-state index in [2.05, 4.69) is 45.7 Å². The van der Waals surface area contributed by atoms with Crippen LogP contribution in [0, 0.1) is 6.92 Å². The van der Waals surface area contributed by atoms with Gasteiger partial charge in [0.1, 0.15) is 5.75 Å². The first-order chi connectivity index (χ1) is 14.0. The minimum absolute atomic E-state index is 0.327. The van der Waals surface area contributed by atoms with Gasteiger partial charge >= 0.3 is 0 Å². The van der Waals surface area contributed by atoms with E-state index < -0.39 is 10.0 Å². The van der Waals surface area contributed by atoms with Gasteiger partial charge in [-0.15, -0.1) is 0 Å². The number of anilines is 1. The number of fused-ring (bicyclic) bond motifs is 1. The van der Waals surface area contributed by atoms with Gasteiger partial charge in [-0.05, 0) is 61.3 Å². The monoisotopic (exact) mass is 415 g/mol. The number of hydrogen-bond acceptors (Lipinski definition) is 5. The van der Waals surface area contributed by atoms with Crippen LogP contribution in [0.4, 0.5) is 5.69 Å². The Labute approximate surface area is 173 Å². The van der Waals surface area contributed by atoms with Crippen LogP contribution >= 0.6 is 0 Å². The van der Waals surface area contributed by atoms with Crippen molar-refractivity contribution in [3.63, 3.8) is 0 Å².